The lowest BCUT2D eigenvalue weighted by atomic mass is 9.47. The first-order valence-electron chi connectivity index (χ1n) is 8.68. The van der Waals surface area contributed by atoms with Crippen LogP contribution < -0.4 is 0 Å². The maximum atomic E-state index is 12.5. The highest BCUT2D eigenvalue weighted by molar-refractivity contribution is 6.00. The van der Waals surface area contributed by atoms with Gasteiger partial charge in [-0.05, 0) is 30.6 Å². The van der Waals surface area contributed by atoms with Gasteiger partial charge in [0.25, 0.3) is 0 Å². The third kappa shape index (κ3) is 2.48. The van der Waals surface area contributed by atoms with Crippen LogP contribution >= 0.6 is 0 Å². The maximum absolute atomic E-state index is 12.5. The van der Waals surface area contributed by atoms with Gasteiger partial charge in [0, 0.05) is 12.3 Å². The van der Waals surface area contributed by atoms with Crippen molar-refractivity contribution in [2.75, 3.05) is 13.2 Å². The molecule has 3 rings (SSSR count). The van der Waals surface area contributed by atoms with Gasteiger partial charge in [0.2, 0.25) is 5.78 Å². The fourth-order valence-corrected chi connectivity index (χ4v) is 4.98. The summed E-state index contributed by atoms with van der Waals surface area (Å²) >= 11 is 0. The first kappa shape index (κ1) is 17.2. The SMILES string of the molecule is C=C1CC[C@H]2[C@@](C)(CCC(=O)[C@@]2(C)CO)[C@@H]1/C=C/C1=COCC1=O. The molecule has 2 fully saturated rings. The minimum absolute atomic E-state index is 0.00612. The molecule has 2 aliphatic carbocycles. The van der Waals surface area contributed by atoms with Crippen molar-refractivity contribution in [3.05, 3.63) is 36.1 Å². The first-order valence-corrected chi connectivity index (χ1v) is 8.68. The molecule has 130 valence electrons. The van der Waals surface area contributed by atoms with Crippen LogP contribution in [0.3, 0.4) is 0 Å². The number of carbonyl (C=O) groups excluding carboxylic acids is 2. The normalized spacial score (nSPS) is 39.8. The minimum Gasteiger partial charge on any atom is -0.492 e. The molecule has 0 saturated heterocycles. The third-order valence-corrected chi connectivity index (χ3v) is 6.54. The van der Waals surface area contributed by atoms with Crippen LogP contribution in [0.2, 0.25) is 0 Å². The number of hydrogen-bond donors (Lipinski definition) is 1. The predicted molar refractivity (Wildman–Crippen MR) is 91.1 cm³/mol. The predicted octanol–water partition coefficient (Wildman–Crippen LogP) is 2.98. The summed E-state index contributed by atoms with van der Waals surface area (Å²) in [7, 11) is 0. The van der Waals surface area contributed by atoms with E-state index < -0.39 is 5.41 Å². The summed E-state index contributed by atoms with van der Waals surface area (Å²) < 4.78 is 5.07. The minimum atomic E-state index is -0.675. The van der Waals surface area contributed by atoms with Crippen LogP contribution in [0.15, 0.2) is 36.1 Å². The number of aliphatic hydroxyl groups is 1. The van der Waals surface area contributed by atoms with Crippen LogP contribution in [0, 0.1) is 22.7 Å². The highest BCUT2D eigenvalue weighted by Gasteiger charge is 2.57. The summed E-state index contributed by atoms with van der Waals surface area (Å²) in [5.74, 6) is 0.392. The van der Waals surface area contributed by atoms with Crippen molar-refractivity contribution in [2.24, 2.45) is 22.7 Å². The lowest BCUT2D eigenvalue weighted by molar-refractivity contribution is -0.150. The molecule has 2 saturated carbocycles. The molecule has 1 aliphatic heterocycles. The smallest absolute Gasteiger partial charge is 0.203 e. The van der Waals surface area contributed by atoms with E-state index in [1.54, 1.807) is 0 Å². The lowest BCUT2D eigenvalue weighted by Gasteiger charge is -2.56. The van der Waals surface area contributed by atoms with Gasteiger partial charge in [-0.15, -0.1) is 0 Å². The Morgan fingerprint density at radius 1 is 1.38 bits per heavy atom. The molecule has 4 atom stereocenters. The molecule has 4 nitrogen and oxygen atoms in total. The number of carbonyl (C=O) groups is 2. The Morgan fingerprint density at radius 3 is 2.75 bits per heavy atom. The number of aliphatic hydroxyl groups excluding tert-OH is 1. The molecule has 0 unspecified atom stereocenters. The number of ketones is 2. The van der Waals surface area contributed by atoms with E-state index in [-0.39, 0.29) is 42.0 Å². The van der Waals surface area contributed by atoms with Crippen LogP contribution in [0.25, 0.3) is 0 Å². The molecule has 1 N–H and O–H groups in total. The first-order chi connectivity index (χ1) is 11.3. The number of fused-ring (bicyclic) bond motifs is 1. The zero-order chi connectivity index (χ0) is 17.5. The van der Waals surface area contributed by atoms with Crippen molar-refractivity contribution in [3.8, 4) is 0 Å². The Bertz CT molecular complexity index is 644. The molecule has 0 aromatic carbocycles. The van der Waals surface area contributed by atoms with Crippen LogP contribution in [0.4, 0.5) is 0 Å². The summed E-state index contributed by atoms with van der Waals surface area (Å²) in [6, 6.07) is 0. The maximum Gasteiger partial charge on any atom is 0.203 e. The van der Waals surface area contributed by atoms with Gasteiger partial charge in [0.1, 0.15) is 5.78 Å². The summed E-state index contributed by atoms with van der Waals surface area (Å²) in [6.07, 6.45) is 8.42. The number of rotatable bonds is 3. The van der Waals surface area contributed by atoms with E-state index in [0.29, 0.717) is 12.0 Å². The van der Waals surface area contributed by atoms with E-state index >= 15 is 0 Å². The van der Waals surface area contributed by atoms with E-state index in [1.807, 2.05) is 13.0 Å². The Kier molecular flexibility index (Phi) is 4.28. The largest absolute Gasteiger partial charge is 0.492 e. The van der Waals surface area contributed by atoms with Crippen molar-refractivity contribution >= 4 is 11.6 Å². The second-order valence-corrected chi connectivity index (χ2v) is 7.90. The van der Waals surface area contributed by atoms with Gasteiger partial charge in [0.05, 0.1) is 23.9 Å². The van der Waals surface area contributed by atoms with Gasteiger partial charge < -0.3 is 9.84 Å². The number of Topliss-reactive ketones (excluding diaryl/α,β-unsaturated/α-hetero) is 2. The van der Waals surface area contributed by atoms with Crippen LogP contribution in [-0.2, 0) is 14.3 Å². The van der Waals surface area contributed by atoms with Crippen molar-refractivity contribution in [1.82, 2.24) is 0 Å². The van der Waals surface area contributed by atoms with Crippen LogP contribution in [0.1, 0.15) is 39.5 Å². The zero-order valence-corrected chi connectivity index (χ0v) is 14.5. The average Bonchev–Trinajstić information content (AvgIpc) is 2.96. The monoisotopic (exact) mass is 330 g/mol. The molecule has 0 bridgehead atoms. The topological polar surface area (TPSA) is 63.6 Å². The Balaban J connectivity index is 1.94. The fourth-order valence-electron chi connectivity index (χ4n) is 4.98. The van der Waals surface area contributed by atoms with E-state index in [0.717, 1.165) is 24.8 Å². The Hall–Kier alpha value is -1.68. The molecule has 24 heavy (non-hydrogen) atoms. The van der Waals surface area contributed by atoms with Crippen LogP contribution in [-0.4, -0.2) is 29.9 Å². The van der Waals surface area contributed by atoms with Gasteiger partial charge in [-0.25, -0.2) is 0 Å². The van der Waals surface area contributed by atoms with Crippen molar-refractivity contribution in [3.63, 3.8) is 0 Å². The summed E-state index contributed by atoms with van der Waals surface area (Å²) in [5, 5.41) is 9.93. The molecule has 3 aliphatic rings. The zero-order valence-electron chi connectivity index (χ0n) is 14.5. The molecule has 0 spiro atoms. The number of allylic oxidation sites excluding steroid dienone is 3. The van der Waals surface area contributed by atoms with E-state index in [4.69, 9.17) is 4.74 Å². The summed E-state index contributed by atoms with van der Waals surface area (Å²) in [6.45, 7) is 8.38. The third-order valence-electron chi connectivity index (χ3n) is 6.54. The summed E-state index contributed by atoms with van der Waals surface area (Å²) in [5.41, 5.74) is 0.933. The molecule has 0 radical (unpaired) electrons. The lowest BCUT2D eigenvalue weighted by Crippen LogP contribution is -2.55. The highest BCUT2D eigenvalue weighted by atomic mass is 16.5. The molecule has 0 aromatic rings. The van der Waals surface area contributed by atoms with Crippen molar-refractivity contribution in [2.45, 2.75) is 39.5 Å². The highest BCUT2D eigenvalue weighted by Crippen LogP contribution is 2.60. The van der Waals surface area contributed by atoms with Gasteiger partial charge in [-0.2, -0.15) is 0 Å². The van der Waals surface area contributed by atoms with Gasteiger partial charge in [0.15, 0.2) is 6.61 Å². The molecular weight excluding hydrogens is 304 g/mol. The second-order valence-electron chi connectivity index (χ2n) is 7.90. The molecule has 1 heterocycles. The van der Waals surface area contributed by atoms with Gasteiger partial charge in [-0.3, -0.25) is 9.59 Å². The van der Waals surface area contributed by atoms with Crippen LogP contribution in [0.5, 0.6) is 0 Å². The van der Waals surface area contributed by atoms with E-state index in [2.05, 4.69) is 19.6 Å². The molecule has 0 amide bonds. The van der Waals surface area contributed by atoms with E-state index in [9.17, 15) is 14.7 Å². The fraction of sp³-hybridized carbons (Fsp3) is 0.600. The number of ether oxygens (including phenoxy) is 1. The molecule has 0 aromatic heterocycles. The Labute approximate surface area is 143 Å². The quantitative estimate of drug-likeness (QED) is 0.808. The Morgan fingerprint density at radius 2 is 2.12 bits per heavy atom. The molecule has 4 heteroatoms. The van der Waals surface area contributed by atoms with Gasteiger partial charge >= 0.3 is 0 Å². The van der Waals surface area contributed by atoms with E-state index in [1.165, 1.54) is 6.26 Å². The summed E-state index contributed by atoms with van der Waals surface area (Å²) in [4.78, 5) is 24.2. The number of hydrogen-bond acceptors (Lipinski definition) is 4. The van der Waals surface area contributed by atoms with Crippen molar-refractivity contribution < 1.29 is 19.4 Å². The molecular formula is C20H26O4. The standard InChI is InChI=1S/C20H26O4/c1-13-4-7-17-19(2,9-8-18(23)20(17,3)12-21)15(13)6-5-14-10-24-11-16(14)22/h5-6,10,15,17,21H,1,4,7-9,11-12H2,2-3H3/b6-5+/t15-,17+,19+,20+/m1/s1. The van der Waals surface area contributed by atoms with Crippen molar-refractivity contribution in [1.29, 1.82) is 0 Å². The average molecular weight is 330 g/mol. The second kappa shape index (κ2) is 5.99. The van der Waals surface area contributed by atoms with Gasteiger partial charge in [-0.1, -0.05) is 38.2 Å².